The number of thiophene rings is 1. The highest BCUT2D eigenvalue weighted by Crippen LogP contribution is 2.47. The number of hydrogen-bond acceptors (Lipinski definition) is 5. The second-order valence-electron chi connectivity index (χ2n) is 7.77. The molecule has 0 radical (unpaired) electrons. The Bertz CT molecular complexity index is 865. The standard InChI is InChI=1S/C22H26N2O4S/c25-19(21(27)23-11-9-16-5-3-13-29-16)20(26)22(28)24-12-10-14-4-1-2-6-17(14)18(24)15-7-8-15/h1-6,13,15,18-20,25-26H,7-12H2,(H,23,27)/t18?,19-,20-/m1/s1. The van der Waals surface area contributed by atoms with Crippen molar-refractivity contribution >= 4 is 23.2 Å². The van der Waals surface area contributed by atoms with Gasteiger partial charge in [0.25, 0.3) is 11.8 Å². The summed E-state index contributed by atoms with van der Waals surface area (Å²) < 4.78 is 0. The Labute approximate surface area is 174 Å². The highest BCUT2D eigenvalue weighted by Gasteiger charge is 2.44. The van der Waals surface area contributed by atoms with Crippen LogP contribution in [0.2, 0.25) is 0 Å². The van der Waals surface area contributed by atoms with Crippen LogP contribution in [0.15, 0.2) is 41.8 Å². The van der Waals surface area contributed by atoms with E-state index in [0.717, 1.165) is 23.3 Å². The molecule has 1 aromatic heterocycles. The van der Waals surface area contributed by atoms with Crippen molar-refractivity contribution < 1.29 is 19.8 Å². The number of aliphatic hydroxyl groups is 2. The van der Waals surface area contributed by atoms with Gasteiger partial charge in [-0.2, -0.15) is 0 Å². The molecule has 29 heavy (non-hydrogen) atoms. The van der Waals surface area contributed by atoms with E-state index in [4.69, 9.17) is 0 Å². The van der Waals surface area contributed by atoms with Crippen LogP contribution in [0.3, 0.4) is 0 Å². The quantitative estimate of drug-likeness (QED) is 0.643. The molecule has 1 aromatic carbocycles. The minimum absolute atomic E-state index is 0.0869. The van der Waals surface area contributed by atoms with Gasteiger partial charge in [-0.25, -0.2) is 0 Å². The van der Waals surface area contributed by atoms with Crippen molar-refractivity contribution in [1.29, 1.82) is 0 Å². The molecule has 1 aliphatic heterocycles. The average molecular weight is 415 g/mol. The zero-order chi connectivity index (χ0) is 20.4. The largest absolute Gasteiger partial charge is 0.380 e. The molecule has 2 aliphatic rings. The second kappa shape index (κ2) is 8.65. The van der Waals surface area contributed by atoms with Crippen molar-refractivity contribution in [3.05, 3.63) is 57.8 Å². The van der Waals surface area contributed by atoms with E-state index in [-0.39, 0.29) is 6.04 Å². The predicted molar refractivity (Wildman–Crippen MR) is 110 cm³/mol. The highest BCUT2D eigenvalue weighted by atomic mass is 32.1. The van der Waals surface area contributed by atoms with Gasteiger partial charge in [-0.3, -0.25) is 9.59 Å². The maximum atomic E-state index is 13.0. The number of fused-ring (bicyclic) bond motifs is 1. The molecule has 2 heterocycles. The minimum Gasteiger partial charge on any atom is -0.380 e. The van der Waals surface area contributed by atoms with Crippen LogP contribution in [-0.4, -0.2) is 52.2 Å². The van der Waals surface area contributed by atoms with E-state index in [0.29, 0.717) is 31.8 Å². The summed E-state index contributed by atoms with van der Waals surface area (Å²) in [5.74, 6) is -0.913. The van der Waals surface area contributed by atoms with Gasteiger partial charge in [-0.05, 0) is 54.2 Å². The van der Waals surface area contributed by atoms with Crippen molar-refractivity contribution in [2.45, 2.75) is 43.9 Å². The Morgan fingerprint density at radius 3 is 2.66 bits per heavy atom. The van der Waals surface area contributed by atoms with Crippen LogP contribution < -0.4 is 5.32 Å². The van der Waals surface area contributed by atoms with Crippen molar-refractivity contribution in [3.63, 3.8) is 0 Å². The zero-order valence-corrected chi connectivity index (χ0v) is 17.0. The topological polar surface area (TPSA) is 89.9 Å². The summed E-state index contributed by atoms with van der Waals surface area (Å²) in [7, 11) is 0. The number of benzene rings is 1. The van der Waals surface area contributed by atoms with Crippen LogP contribution in [0.5, 0.6) is 0 Å². The number of rotatable bonds is 7. The van der Waals surface area contributed by atoms with Crippen LogP contribution >= 0.6 is 11.3 Å². The highest BCUT2D eigenvalue weighted by molar-refractivity contribution is 7.09. The Balaban J connectivity index is 1.39. The molecule has 3 atom stereocenters. The first-order chi connectivity index (χ1) is 14.1. The molecule has 4 rings (SSSR count). The summed E-state index contributed by atoms with van der Waals surface area (Å²) in [6.45, 7) is 0.833. The van der Waals surface area contributed by atoms with E-state index in [1.54, 1.807) is 16.2 Å². The van der Waals surface area contributed by atoms with Gasteiger partial charge < -0.3 is 20.4 Å². The molecule has 0 bridgehead atoms. The number of carbonyl (C=O) groups excluding carboxylic acids is 2. The average Bonchev–Trinajstić information content (AvgIpc) is 3.46. The minimum atomic E-state index is -1.78. The van der Waals surface area contributed by atoms with E-state index in [1.165, 1.54) is 5.56 Å². The number of amides is 2. The summed E-state index contributed by atoms with van der Waals surface area (Å²) in [6.07, 6.45) is -0.0885. The fourth-order valence-corrected chi connectivity index (χ4v) is 4.79. The van der Waals surface area contributed by atoms with Crippen LogP contribution in [0.1, 0.15) is 34.9 Å². The SMILES string of the molecule is O=C(NCCc1cccs1)[C@H](O)[C@@H](O)C(=O)N1CCc2ccccc2C1C1CC1. The first-order valence-electron chi connectivity index (χ1n) is 10.1. The van der Waals surface area contributed by atoms with Crippen LogP contribution in [0.25, 0.3) is 0 Å². The molecule has 154 valence electrons. The number of aliphatic hydroxyl groups excluding tert-OH is 2. The third-order valence-corrected chi connectivity index (χ3v) is 6.69. The second-order valence-corrected chi connectivity index (χ2v) is 8.81. The molecular weight excluding hydrogens is 388 g/mol. The Kier molecular flexibility index (Phi) is 5.99. The molecule has 0 saturated heterocycles. The van der Waals surface area contributed by atoms with Crippen LogP contribution in [0, 0.1) is 5.92 Å². The lowest BCUT2D eigenvalue weighted by Gasteiger charge is -2.39. The van der Waals surface area contributed by atoms with Gasteiger partial charge in [0.15, 0.2) is 12.2 Å². The van der Waals surface area contributed by atoms with E-state index in [2.05, 4.69) is 11.4 Å². The Morgan fingerprint density at radius 1 is 1.14 bits per heavy atom. The van der Waals surface area contributed by atoms with Gasteiger partial charge in [0.05, 0.1) is 6.04 Å². The lowest BCUT2D eigenvalue weighted by atomic mass is 9.89. The molecule has 0 spiro atoms. The van der Waals surface area contributed by atoms with E-state index >= 15 is 0 Å². The smallest absolute Gasteiger partial charge is 0.255 e. The van der Waals surface area contributed by atoms with Gasteiger partial charge in [0.1, 0.15) is 0 Å². The summed E-state index contributed by atoms with van der Waals surface area (Å²) in [4.78, 5) is 28.0. The molecule has 2 aromatic rings. The van der Waals surface area contributed by atoms with Crippen LogP contribution in [0.4, 0.5) is 0 Å². The van der Waals surface area contributed by atoms with Crippen molar-refractivity contribution in [3.8, 4) is 0 Å². The Hall–Kier alpha value is -2.22. The molecule has 2 amide bonds. The van der Waals surface area contributed by atoms with Gasteiger partial charge >= 0.3 is 0 Å². The molecule has 1 unspecified atom stereocenters. The molecular formula is C22H26N2O4S. The molecule has 6 nitrogen and oxygen atoms in total. The Morgan fingerprint density at radius 2 is 1.93 bits per heavy atom. The summed E-state index contributed by atoms with van der Waals surface area (Å²) in [5.41, 5.74) is 2.35. The number of carbonyl (C=O) groups is 2. The molecule has 1 saturated carbocycles. The third-order valence-electron chi connectivity index (χ3n) is 5.75. The van der Waals surface area contributed by atoms with Crippen molar-refractivity contribution in [2.24, 2.45) is 5.92 Å². The van der Waals surface area contributed by atoms with Crippen molar-refractivity contribution in [2.75, 3.05) is 13.1 Å². The van der Waals surface area contributed by atoms with E-state index in [9.17, 15) is 19.8 Å². The maximum Gasteiger partial charge on any atom is 0.255 e. The summed E-state index contributed by atoms with van der Waals surface area (Å²) >= 11 is 1.59. The molecule has 3 N–H and O–H groups in total. The number of nitrogens with zero attached hydrogens (tertiary/aromatic N) is 1. The summed E-state index contributed by atoms with van der Waals surface area (Å²) in [5, 5.41) is 25.3. The first-order valence-corrected chi connectivity index (χ1v) is 11.0. The number of nitrogens with one attached hydrogen (secondary N) is 1. The lowest BCUT2D eigenvalue weighted by Crippen LogP contribution is -2.53. The van der Waals surface area contributed by atoms with Gasteiger partial charge in [0, 0.05) is 18.0 Å². The van der Waals surface area contributed by atoms with Gasteiger partial charge in [0.2, 0.25) is 0 Å². The molecule has 1 aliphatic carbocycles. The fourth-order valence-electron chi connectivity index (χ4n) is 4.08. The summed E-state index contributed by atoms with van der Waals surface area (Å²) in [6, 6.07) is 11.9. The predicted octanol–water partition coefficient (Wildman–Crippen LogP) is 1.66. The normalized spacial score (nSPS) is 20.6. The third kappa shape index (κ3) is 4.37. The maximum absolute atomic E-state index is 13.0. The van der Waals surface area contributed by atoms with Crippen LogP contribution in [-0.2, 0) is 22.4 Å². The van der Waals surface area contributed by atoms with Crippen molar-refractivity contribution in [1.82, 2.24) is 10.2 Å². The van der Waals surface area contributed by atoms with Gasteiger partial charge in [-0.1, -0.05) is 30.3 Å². The monoisotopic (exact) mass is 414 g/mol. The molecule has 7 heteroatoms. The van der Waals surface area contributed by atoms with E-state index in [1.807, 2.05) is 35.7 Å². The zero-order valence-electron chi connectivity index (χ0n) is 16.2. The van der Waals surface area contributed by atoms with E-state index < -0.39 is 24.0 Å². The fraction of sp³-hybridized carbons (Fsp3) is 0.455. The molecule has 1 fully saturated rings. The number of hydrogen-bond donors (Lipinski definition) is 3. The first kappa shape index (κ1) is 20.1. The van der Waals surface area contributed by atoms with Gasteiger partial charge in [-0.15, -0.1) is 11.3 Å². The lowest BCUT2D eigenvalue weighted by molar-refractivity contribution is -0.155.